The molecule has 0 atom stereocenters. The minimum Gasteiger partial charge on any atom is -0.368 e. The fourth-order valence-corrected chi connectivity index (χ4v) is 0.852. The molecule has 0 aliphatic heterocycles. The summed E-state index contributed by atoms with van der Waals surface area (Å²) in [5.74, 6) is 3.18. The maximum absolute atomic E-state index is 5.03. The number of aliphatic imine (C=N–C) groups is 1. The molecule has 0 saturated heterocycles. The van der Waals surface area contributed by atoms with Crippen LogP contribution in [0.5, 0.6) is 0 Å². The van der Waals surface area contributed by atoms with Gasteiger partial charge in [0, 0.05) is 14.1 Å². The van der Waals surface area contributed by atoms with E-state index in [1.54, 1.807) is 7.05 Å². The Bertz CT molecular complexity index is 134. The van der Waals surface area contributed by atoms with Crippen LogP contribution in [0.15, 0.2) is 4.99 Å². The van der Waals surface area contributed by atoms with Gasteiger partial charge in [-0.25, -0.2) is 0 Å². The Hall–Kier alpha value is -0.620. The van der Waals surface area contributed by atoms with Gasteiger partial charge in [0.2, 0.25) is 0 Å². The lowest BCUT2D eigenvalue weighted by Crippen LogP contribution is -2.14. The third-order valence-corrected chi connectivity index (χ3v) is 1.68. The second kappa shape index (κ2) is 5.52. The molecule has 0 saturated carbocycles. The lowest BCUT2D eigenvalue weighted by atomic mass is 10.8. The molecule has 0 aliphatic carbocycles. The highest BCUT2D eigenvalue weighted by atomic mass is 32.2. The molecule has 0 amide bonds. The van der Waals surface area contributed by atoms with Gasteiger partial charge in [-0.15, -0.1) is 6.42 Å². The number of thioether (sulfide) groups is 1. The predicted molar refractivity (Wildman–Crippen MR) is 43.7 cm³/mol. The predicted octanol–water partition coefficient (Wildman–Crippen LogP) is 0.558. The Balaban J connectivity index is 3.48. The van der Waals surface area contributed by atoms with Crippen molar-refractivity contribution in [2.45, 2.75) is 0 Å². The Morgan fingerprint density at radius 3 is 2.89 bits per heavy atom. The minimum absolute atomic E-state index is 0.674. The Morgan fingerprint density at radius 2 is 2.56 bits per heavy atom. The maximum Gasteiger partial charge on any atom is 0.156 e. The highest BCUT2D eigenvalue weighted by Crippen LogP contribution is 1.97. The standard InChI is InChI=1S/C6H10N2S/c1-4-5-9-6(7-2)8-3/h1H,5H2,2-3H3,(H,7,8). The van der Waals surface area contributed by atoms with E-state index in [9.17, 15) is 0 Å². The van der Waals surface area contributed by atoms with E-state index in [0.717, 1.165) is 5.17 Å². The van der Waals surface area contributed by atoms with E-state index in [1.807, 2.05) is 7.05 Å². The summed E-state index contributed by atoms with van der Waals surface area (Å²) in [6.07, 6.45) is 5.03. The zero-order valence-electron chi connectivity index (χ0n) is 5.64. The molecule has 2 nitrogen and oxygen atoms in total. The molecule has 0 rings (SSSR count). The van der Waals surface area contributed by atoms with E-state index >= 15 is 0 Å². The van der Waals surface area contributed by atoms with E-state index in [-0.39, 0.29) is 0 Å². The van der Waals surface area contributed by atoms with Crippen LogP contribution >= 0.6 is 11.8 Å². The number of hydrogen-bond donors (Lipinski definition) is 1. The third-order valence-electron chi connectivity index (χ3n) is 0.709. The normalized spacial score (nSPS) is 10.6. The molecule has 50 valence electrons. The van der Waals surface area contributed by atoms with Crippen LogP contribution < -0.4 is 5.32 Å². The molecular formula is C6H10N2S. The molecule has 3 heteroatoms. The SMILES string of the molecule is C#CCSC(=NC)NC. The largest absolute Gasteiger partial charge is 0.368 e. The molecule has 0 aromatic carbocycles. The van der Waals surface area contributed by atoms with E-state index in [4.69, 9.17) is 6.42 Å². The van der Waals surface area contributed by atoms with Crippen LogP contribution in [0.25, 0.3) is 0 Å². The van der Waals surface area contributed by atoms with Gasteiger partial charge in [-0.05, 0) is 0 Å². The van der Waals surface area contributed by atoms with Crippen molar-refractivity contribution in [2.24, 2.45) is 4.99 Å². The van der Waals surface area contributed by atoms with Crippen LogP contribution in [-0.2, 0) is 0 Å². The van der Waals surface area contributed by atoms with Crippen molar-refractivity contribution in [3.63, 3.8) is 0 Å². The smallest absolute Gasteiger partial charge is 0.156 e. The molecule has 1 N–H and O–H groups in total. The molecule has 0 aromatic rings. The second-order valence-corrected chi connectivity index (χ2v) is 2.24. The summed E-state index contributed by atoms with van der Waals surface area (Å²) < 4.78 is 0. The second-order valence-electron chi connectivity index (χ2n) is 1.27. The number of hydrogen-bond acceptors (Lipinski definition) is 2. The summed E-state index contributed by atoms with van der Waals surface area (Å²) in [7, 11) is 3.56. The molecule has 0 bridgehead atoms. The third kappa shape index (κ3) is 3.92. The van der Waals surface area contributed by atoms with Crippen LogP contribution in [-0.4, -0.2) is 25.0 Å². The monoisotopic (exact) mass is 142 g/mol. The number of nitrogens with zero attached hydrogens (tertiary/aromatic N) is 1. The van der Waals surface area contributed by atoms with Gasteiger partial charge >= 0.3 is 0 Å². The quantitative estimate of drug-likeness (QED) is 0.328. The lowest BCUT2D eigenvalue weighted by Gasteiger charge is -1.98. The van der Waals surface area contributed by atoms with Gasteiger partial charge in [0.25, 0.3) is 0 Å². The Labute approximate surface area is 60.1 Å². The first kappa shape index (κ1) is 8.38. The van der Waals surface area contributed by atoms with Gasteiger partial charge in [0.05, 0.1) is 5.75 Å². The van der Waals surface area contributed by atoms with Gasteiger partial charge in [-0.2, -0.15) is 0 Å². The number of nitrogens with one attached hydrogen (secondary N) is 1. The topological polar surface area (TPSA) is 24.4 Å². The van der Waals surface area contributed by atoms with Gasteiger partial charge in [0.15, 0.2) is 5.17 Å². The van der Waals surface area contributed by atoms with E-state index < -0.39 is 0 Å². The molecule has 0 radical (unpaired) electrons. The van der Waals surface area contributed by atoms with Crippen LogP contribution in [0.3, 0.4) is 0 Å². The van der Waals surface area contributed by atoms with E-state index in [0.29, 0.717) is 5.75 Å². The number of amidine groups is 1. The van der Waals surface area contributed by atoms with Gasteiger partial charge in [-0.1, -0.05) is 17.7 Å². The van der Waals surface area contributed by atoms with E-state index in [2.05, 4.69) is 16.2 Å². The van der Waals surface area contributed by atoms with Crippen LogP contribution in [0, 0.1) is 12.3 Å². The molecule has 0 spiro atoms. The fourth-order valence-electron chi connectivity index (χ4n) is 0.359. The lowest BCUT2D eigenvalue weighted by molar-refractivity contribution is 1.18. The molecular weight excluding hydrogens is 132 g/mol. The molecule has 0 aliphatic rings. The first-order chi connectivity index (χ1) is 4.35. The average molecular weight is 142 g/mol. The first-order valence-corrected chi connectivity index (χ1v) is 3.54. The average Bonchev–Trinajstić information content (AvgIpc) is 1.91. The molecule has 0 heterocycles. The van der Waals surface area contributed by atoms with E-state index in [1.165, 1.54) is 11.8 Å². The summed E-state index contributed by atoms with van der Waals surface area (Å²) in [5, 5.41) is 3.79. The molecule has 0 unspecified atom stereocenters. The molecule has 9 heavy (non-hydrogen) atoms. The van der Waals surface area contributed by atoms with Gasteiger partial charge in [0.1, 0.15) is 0 Å². The summed E-state index contributed by atoms with van der Waals surface area (Å²) >= 11 is 1.52. The highest BCUT2D eigenvalue weighted by molar-refractivity contribution is 8.14. The summed E-state index contributed by atoms with van der Waals surface area (Å²) in [5.41, 5.74) is 0. The zero-order valence-corrected chi connectivity index (χ0v) is 6.46. The molecule has 0 aromatic heterocycles. The van der Waals surface area contributed by atoms with Crippen molar-refractivity contribution >= 4 is 16.9 Å². The maximum atomic E-state index is 5.03. The minimum atomic E-state index is 0.674. The van der Waals surface area contributed by atoms with Crippen molar-refractivity contribution in [3.05, 3.63) is 0 Å². The van der Waals surface area contributed by atoms with Crippen molar-refractivity contribution in [1.29, 1.82) is 0 Å². The summed E-state index contributed by atoms with van der Waals surface area (Å²) in [4.78, 5) is 3.92. The number of terminal acetylenes is 1. The van der Waals surface area contributed by atoms with Crippen molar-refractivity contribution in [2.75, 3.05) is 19.8 Å². The van der Waals surface area contributed by atoms with Crippen LogP contribution in [0.4, 0.5) is 0 Å². The van der Waals surface area contributed by atoms with Gasteiger partial charge in [-0.3, -0.25) is 4.99 Å². The number of rotatable bonds is 1. The van der Waals surface area contributed by atoms with Crippen LogP contribution in [0.1, 0.15) is 0 Å². The Morgan fingerprint density at radius 1 is 1.89 bits per heavy atom. The highest BCUT2D eigenvalue weighted by Gasteiger charge is 1.89. The summed E-state index contributed by atoms with van der Waals surface area (Å²) in [6, 6.07) is 0. The first-order valence-electron chi connectivity index (χ1n) is 2.56. The van der Waals surface area contributed by atoms with Crippen LogP contribution in [0.2, 0.25) is 0 Å². The zero-order chi connectivity index (χ0) is 7.11. The molecule has 0 fully saturated rings. The van der Waals surface area contributed by atoms with Gasteiger partial charge < -0.3 is 5.32 Å². The van der Waals surface area contributed by atoms with Crippen molar-refractivity contribution in [3.8, 4) is 12.3 Å². The fraction of sp³-hybridized carbons (Fsp3) is 0.500. The summed E-state index contributed by atoms with van der Waals surface area (Å²) in [6.45, 7) is 0. The van der Waals surface area contributed by atoms with Crippen molar-refractivity contribution < 1.29 is 0 Å². The van der Waals surface area contributed by atoms with Crippen molar-refractivity contribution in [1.82, 2.24) is 5.32 Å². The Kier molecular flexibility index (Phi) is 5.14.